The highest BCUT2D eigenvalue weighted by atomic mass is 16.2. The maximum absolute atomic E-state index is 12.5. The van der Waals surface area contributed by atoms with E-state index in [0.717, 1.165) is 56.2 Å². The van der Waals surface area contributed by atoms with Gasteiger partial charge in [0, 0.05) is 56.1 Å². The Bertz CT molecular complexity index is 825. The van der Waals surface area contributed by atoms with Gasteiger partial charge >= 0.3 is 0 Å². The standard InChI is InChI=1S/C22H29N5O/c1-3-18(4-2)27-21(28)14-17-15-24-20(25-22(17)27)13-16-5-7-19(8-6-16)26-11-9-23-10-12-26/h5-8,15,18,23H,3-4,9-14H2,1-2H3. The Kier molecular flexibility index (Phi) is 5.57. The smallest absolute Gasteiger partial charge is 0.233 e. The molecule has 3 heterocycles. The lowest BCUT2D eigenvalue weighted by Crippen LogP contribution is -2.43. The molecule has 1 aromatic heterocycles. The molecule has 0 atom stereocenters. The molecule has 2 aromatic rings. The number of hydrogen-bond donors (Lipinski definition) is 1. The molecule has 0 spiro atoms. The van der Waals surface area contributed by atoms with Crippen LogP contribution in [0, 0.1) is 0 Å². The van der Waals surface area contributed by atoms with Gasteiger partial charge in [0.2, 0.25) is 5.91 Å². The van der Waals surface area contributed by atoms with Gasteiger partial charge in [-0.1, -0.05) is 26.0 Å². The van der Waals surface area contributed by atoms with Crippen LogP contribution >= 0.6 is 0 Å². The fourth-order valence-corrected chi connectivity index (χ4v) is 4.18. The Hall–Kier alpha value is -2.47. The Labute approximate surface area is 167 Å². The minimum absolute atomic E-state index is 0.149. The van der Waals surface area contributed by atoms with Crippen molar-refractivity contribution in [3.05, 3.63) is 47.4 Å². The molecular formula is C22H29N5O. The number of amides is 1. The van der Waals surface area contributed by atoms with Crippen molar-refractivity contribution in [1.82, 2.24) is 15.3 Å². The molecule has 2 aliphatic rings. The number of anilines is 2. The van der Waals surface area contributed by atoms with Crippen molar-refractivity contribution in [2.24, 2.45) is 0 Å². The number of piperazine rings is 1. The first-order chi connectivity index (χ1) is 13.7. The lowest BCUT2D eigenvalue weighted by molar-refractivity contribution is -0.117. The molecule has 0 saturated carbocycles. The van der Waals surface area contributed by atoms with Crippen molar-refractivity contribution in [3.63, 3.8) is 0 Å². The fourth-order valence-electron chi connectivity index (χ4n) is 4.18. The summed E-state index contributed by atoms with van der Waals surface area (Å²) in [5.74, 6) is 1.75. The van der Waals surface area contributed by atoms with E-state index in [9.17, 15) is 4.79 Å². The van der Waals surface area contributed by atoms with Gasteiger partial charge in [-0.05, 0) is 30.5 Å². The van der Waals surface area contributed by atoms with Gasteiger partial charge in [0.25, 0.3) is 0 Å². The Morgan fingerprint density at radius 2 is 1.82 bits per heavy atom. The number of aromatic nitrogens is 2. The largest absolute Gasteiger partial charge is 0.369 e. The molecular weight excluding hydrogens is 350 g/mol. The molecule has 1 aromatic carbocycles. The average molecular weight is 380 g/mol. The van der Waals surface area contributed by atoms with E-state index in [1.165, 1.54) is 11.3 Å². The van der Waals surface area contributed by atoms with Crippen LogP contribution < -0.4 is 15.1 Å². The molecule has 4 rings (SSSR count). The number of carbonyl (C=O) groups excluding carboxylic acids is 1. The summed E-state index contributed by atoms with van der Waals surface area (Å²) in [4.78, 5) is 26.1. The molecule has 1 amide bonds. The van der Waals surface area contributed by atoms with Crippen molar-refractivity contribution in [2.45, 2.75) is 45.6 Å². The first kappa shape index (κ1) is 18.9. The van der Waals surface area contributed by atoms with Crippen molar-refractivity contribution >= 4 is 17.4 Å². The summed E-state index contributed by atoms with van der Waals surface area (Å²) in [6.45, 7) is 8.43. The summed E-state index contributed by atoms with van der Waals surface area (Å²) in [7, 11) is 0. The van der Waals surface area contributed by atoms with Crippen molar-refractivity contribution in [3.8, 4) is 0 Å². The molecule has 0 unspecified atom stereocenters. The third-order valence-electron chi connectivity index (χ3n) is 5.82. The van der Waals surface area contributed by atoms with E-state index in [1.807, 2.05) is 11.1 Å². The molecule has 1 fully saturated rings. The maximum Gasteiger partial charge on any atom is 0.233 e. The summed E-state index contributed by atoms with van der Waals surface area (Å²) < 4.78 is 0. The zero-order valence-electron chi connectivity index (χ0n) is 16.8. The van der Waals surface area contributed by atoms with Crippen molar-refractivity contribution < 1.29 is 4.79 Å². The molecule has 0 aliphatic carbocycles. The van der Waals surface area contributed by atoms with Gasteiger partial charge in [-0.2, -0.15) is 0 Å². The van der Waals surface area contributed by atoms with E-state index >= 15 is 0 Å². The minimum atomic E-state index is 0.149. The number of benzene rings is 1. The summed E-state index contributed by atoms with van der Waals surface area (Å²) in [5.41, 5.74) is 3.41. The second-order valence-electron chi connectivity index (χ2n) is 7.63. The van der Waals surface area contributed by atoms with Gasteiger partial charge < -0.3 is 10.2 Å². The van der Waals surface area contributed by atoms with E-state index in [2.05, 4.69) is 53.3 Å². The van der Waals surface area contributed by atoms with Gasteiger partial charge in [-0.3, -0.25) is 9.69 Å². The zero-order chi connectivity index (χ0) is 19.5. The fraction of sp³-hybridized carbons (Fsp3) is 0.500. The Morgan fingerprint density at radius 1 is 1.11 bits per heavy atom. The van der Waals surface area contributed by atoms with Crippen LogP contribution in [0.4, 0.5) is 11.5 Å². The third kappa shape index (κ3) is 3.74. The van der Waals surface area contributed by atoms with E-state index < -0.39 is 0 Å². The van der Waals surface area contributed by atoms with Crippen LogP contribution in [-0.2, 0) is 17.6 Å². The molecule has 0 radical (unpaired) electrons. The van der Waals surface area contributed by atoms with Crippen LogP contribution in [0.15, 0.2) is 30.5 Å². The highest BCUT2D eigenvalue weighted by molar-refractivity contribution is 6.00. The first-order valence-corrected chi connectivity index (χ1v) is 10.4. The Balaban J connectivity index is 1.51. The second-order valence-corrected chi connectivity index (χ2v) is 7.63. The van der Waals surface area contributed by atoms with Crippen LogP contribution in [-0.4, -0.2) is 48.1 Å². The normalized spacial score (nSPS) is 16.8. The number of rotatable bonds is 6. The molecule has 6 nitrogen and oxygen atoms in total. The maximum atomic E-state index is 12.5. The van der Waals surface area contributed by atoms with Gasteiger partial charge in [-0.25, -0.2) is 9.97 Å². The first-order valence-electron chi connectivity index (χ1n) is 10.4. The third-order valence-corrected chi connectivity index (χ3v) is 5.82. The van der Waals surface area contributed by atoms with Gasteiger partial charge in [-0.15, -0.1) is 0 Å². The summed E-state index contributed by atoms with van der Waals surface area (Å²) in [5, 5.41) is 3.39. The van der Waals surface area contributed by atoms with Crippen molar-refractivity contribution in [2.75, 3.05) is 36.0 Å². The summed E-state index contributed by atoms with van der Waals surface area (Å²) in [6, 6.07) is 8.92. The quantitative estimate of drug-likeness (QED) is 0.836. The van der Waals surface area contributed by atoms with Crippen LogP contribution in [0.5, 0.6) is 0 Å². The minimum Gasteiger partial charge on any atom is -0.369 e. The van der Waals surface area contributed by atoms with E-state index in [-0.39, 0.29) is 11.9 Å². The summed E-state index contributed by atoms with van der Waals surface area (Å²) >= 11 is 0. The molecule has 148 valence electrons. The molecule has 0 bridgehead atoms. The monoisotopic (exact) mass is 379 g/mol. The number of fused-ring (bicyclic) bond motifs is 1. The van der Waals surface area contributed by atoms with Crippen molar-refractivity contribution in [1.29, 1.82) is 0 Å². The lowest BCUT2D eigenvalue weighted by Gasteiger charge is -2.29. The zero-order valence-corrected chi connectivity index (χ0v) is 16.8. The lowest BCUT2D eigenvalue weighted by atomic mass is 10.1. The topological polar surface area (TPSA) is 61.4 Å². The molecule has 1 saturated heterocycles. The molecule has 6 heteroatoms. The van der Waals surface area contributed by atoms with Crippen LogP contribution in [0.1, 0.15) is 43.6 Å². The van der Waals surface area contributed by atoms with Crippen LogP contribution in [0.25, 0.3) is 0 Å². The predicted molar refractivity (Wildman–Crippen MR) is 112 cm³/mol. The SMILES string of the molecule is CCC(CC)N1C(=O)Cc2cnc(Cc3ccc(N4CCNCC4)cc3)nc21. The van der Waals surface area contributed by atoms with Gasteiger partial charge in [0.05, 0.1) is 6.42 Å². The van der Waals surface area contributed by atoms with E-state index in [4.69, 9.17) is 4.98 Å². The second kappa shape index (κ2) is 8.27. The number of hydrogen-bond acceptors (Lipinski definition) is 5. The Morgan fingerprint density at radius 3 is 2.50 bits per heavy atom. The average Bonchev–Trinajstić information content (AvgIpc) is 3.06. The number of nitrogens with one attached hydrogen (secondary N) is 1. The van der Waals surface area contributed by atoms with Crippen LogP contribution in [0.2, 0.25) is 0 Å². The van der Waals surface area contributed by atoms with Gasteiger partial charge in [0.1, 0.15) is 11.6 Å². The predicted octanol–water partition coefficient (Wildman–Crippen LogP) is 2.55. The number of nitrogens with zero attached hydrogens (tertiary/aromatic N) is 4. The van der Waals surface area contributed by atoms with Crippen LogP contribution in [0.3, 0.4) is 0 Å². The van der Waals surface area contributed by atoms with Gasteiger partial charge in [0.15, 0.2) is 0 Å². The molecule has 2 aliphatic heterocycles. The summed E-state index contributed by atoms with van der Waals surface area (Å²) in [6.07, 6.45) is 4.82. The highest BCUT2D eigenvalue weighted by Gasteiger charge is 2.33. The highest BCUT2D eigenvalue weighted by Crippen LogP contribution is 2.30. The van der Waals surface area contributed by atoms with E-state index in [0.29, 0.717) is 12.8 Å². The number of carbonyl (C=O) groups is 1. The van der Waals surface area contributed by atoms with E-state index in [1.54, 1.807) is 0 Å². The molecule has 1 N–H and O–H groups in total. The molecule has 28 heavy (non-hydrogen) atoms.